The number of rotatable bonds is 7. The van der Waals surface area contributed by atoms with Crippen LogP contribution in [0.3, 0.4) is 0 Å². The third kappa shape index (κ3) is 6.79. The van der Waals surface area contributed by atoms with E-state index in [1.54, 1.807) is 11.9 Å². The topological polar surface area (TPSA) is 108 Å². The molecule has 39 heavy (non-hydrogen) atoms. The van der Waals surface area contributed by atoms with E-state index in [1.807, 2.05) is 0 Å². The van der Waals surface area contributed by atoms with Crippen molar-refractivity contribution in [2.45, 2.75) is 43.9 Å². The van der Waals surface area contributed by atoms with E-state index < -0.39 is 21.8 Å². The number of halogens is 3. The van der Waals surface area contributed by atoms with Crippen molar-refractivity contribution in [3.05, 3.63) is 41.9 Å². The Bertz CT molecular complexity index is 1280. The molecular formula is C25H33F3N6O4S. The first-order chi connectivity index (χ1) is 18.4. The number of anilines is 2. The van der Waals surface area contributed by atoms with Gasteiger partial charge in [0.25, 0.3) is 5.91 Å². The van der Waals surface area contributed by atoms with Gasteiger partial charge in [0, 0.05) is 37.9 Å². The number of alkyl halides is 3. The second-order valence-electron chi connectivity index (χ2n) is 9.88. The molecule has 2 aliphatic heterocycles. The van der Waals surface area contributed by atoms with Crippen LogP contribution in [0.5, 0.6) is 5.75 Å². The number of hydrogen-bond donors (Lipinski definition) is 1. The van der Waals surface area contributed by atoms with Crippen molar-refractivity contribution in [3.63, 3.8) is 0 Å². The number of benzene rings is 1. The van der Waals surface area contributed by atoms with Gasteiger partial charge >= 0.3 is 6.18 Å². The van der Waals surface area contributed by atoms with Crippen LogP contribution < -0.4 is 10.1 Å². The Morgan fingerprint density at radius 1 is 1.10 bits per heavy atom. The largest absolute Gasteiger partial charge is 0.491 e. The zero-order valence-corrected chi connectivity index (χ0v) is 22.9. The summed E-state index contributed by atoms with van der Waals surface area (Å²) >= 11 is 0. The molecule has 3 heterocycles. The normalized spacial score (nSPS) is 18.4. The lowest BCUT2D eigenvalue weighted by Crippen LogP contribution is -2.52. The Hall–Kier alpha value is -2.97. The van der Waals surface area contributed by atoms with Crippen LogP contribution in [0.25, 0.3) is 0 Å². The fourth-order valence-corrected chi connectivity index (χ4v) is 5.94. The van der Waals surface area contributed by atoms with Gasteiger partial charge in [0.15, 0.2) is 17.3 Å². The van der Waals surface area contributed by atoms with Crippen LogP contribution in [0.15, 0.2) is 30.6 Å². The number of aromatic nitrogens is 2. The molecule has 0 aliphatic carbocycles. The first kappa shape index (κ1) is 29.0. The van der Waals surface area contributed by atoms with Crippen molar-refractivity contribution < 1.29 is 31.1 Å². The molecule has 0 bridgehead atoms. The summed E-state index contributed by atoms with van der Waals surface area (Å²) in [6.45, 7) is 2.62. The minimum Gasteiger partial charge on any atom is -0.491 e. The molecule has 14 heteroatoms. The van der Waals surface area contributed by atoms with E-state index in [-0.39, 0.29) is 34.9 Å². The van der Waals surface area contributed by atoms with Crippen molar-refractivity contribution >= 4 is 27.4 Å². The third-order valence-electron chi connectivity index (χ3n) is 7.47. The molecule has 2 saturated heterocycles. The Morgan fingerprint density at radius 2 is 1.77 bits per heavy atom. The van der Waals surface area contributed by atoms with Gasteiger partial charge in [0.05, 0.1) is 18.9 Å². The first-order valence-corrected chi connectivity index (χ1v) is 14.5. The van der Waals surface area contributed by atoms with E-state index in [0.29, 0.717) is 19.1 Å². The SMILES string of the molecule is COc1c(Nc2cccc(C(F)(F)F)c2)ncnc1C(=O)N1CCC(N2CCC(N(C)S(C)(=O)=O)CC2)CC1. The van der Waals surface area contributed by atoms with Crippen LogP contribution in [0.2, 0.25) is 0 Å². The quantitative estimate of drug-likeness (QED) is 0.541. The highest BCUT2D eigenvalue weighted by Gasteiger charge is 2.34. The molecule has 2 fully saturated rings. The van der Waals surface area contributed by atoms with Gasteiger partial charge in [-0.05, 0) is 57.0 Å². The van der Waals surface area contributed by atoms with Gasteiger partial charge < -0.3 is 19.9 Å². The molecule has 0 unspecified atom stereocenters. The summed E-state index contributed by atoms with van der Waals surface area (Å²) in [6, 6.07) is 4.96. The standard InChI is InChI=1S/C25H33F3N6O4S/c1-32(39(3,36)37)19-7-11-33(12-8-19)20-9-13-34(14-10-20)24(35)21-22(38-2)23(30-16-29-21)31-18-6-4-5-17(15-18)25(26,27)28/h4-6,15-16,19-20H,7-14H2,1-3H3,(H,29,30,31). The minimum absolute atomic E-state index is 0.00175. The van der Waals surface area contributed by atoms with E-state index in [1.165, 1.54) is 36.1 Å². The number of carbonyl (C=O) groups is 1. The number of ether oxygens (including phenoxy) is 1. The lowest BCUT2D eigenvalue weighted by atomic mass is 9.97. The Labute approximate surface area is 226 Å². The summed E-state index contributed by atoms with van der Waals surface area (Å²) in [4.78, 5) is 25.6. The van der Waals surface area contributed by atoms with Crippen molar-refractivity contribution in [1.82, 2.24) is 24.1 Å². The summed E-state index contributed by atoms with van der Waals surface area (Å²) in [5.74, 6) is -0.195. The smallest absolute Gasteiger partial charge is 0.416 e. The Morgan fingerprint density at radius 3 is 2.36 bits per heavy atom. The minimum atomic E-state index is -4.50. The van der Waals surface area contributed by atoms with E-state index in [4.69, 9.17) is 4.74 Å². The molecule has 2 aliphatic rings. The Kier molecular flexibility index (Phi) is 8.66. The van der Waals surface area contributed by atoms with Crippen LogP contribution in [0.1, 0.15) is 41.7 Å². The molecule has 0 radical (unpaired) electrons. The molecule has 0 saturated carbocycles. The molecule has 2 aromatic rings. The zero-order valence-electron chi connectivity index (χ0n) is 22.1. The van der Waals surface area contributed by atoms with Crippen LogP contribution in [-0.4, -0.2) is 97.1 Å². The summed E-state index contributed by atoms with van der Waals surface area (Å²) in [5, 5.41) is 2.81. The van der Waals surface area contributed by atoms with E-state index in [9.17, 15) is 26.4 Å². The monoisotopic (exact) mass is 570 g/mol. The van der Waals surface area contributed by atoms with Gasteiger partial charge in [-0.2, -0.15) is 13.2 Å². The predicted molar refractivity (Wildman–Crippen MR) is 139 cm³/mol. The number of hydrogen-bond acceptors (Lipinski definition) is 8. The summed E-state index contributed by atoms with van der Waals surface area (Å²) in [6.07, 6.45) is 0.968. The third-order valence-corrected chi connectivity index (χ3v) is 8.81. The van der Waals surface area contributed by atoms with Crippen LogP contribution >= 0.6 is 0 Å². The van der Waals surface area contributed by atoms with Crippen LogP contribution in [-0.2, 0) is 16.2 Å². The highest BCUT2D eigenvalue weighted by molar-refractivity contribution is 7.88. The van der Waals surface area contributed by atoms with Crippen molar-refractivity contribution in [3.8, 4) is 5.75 Å². The van der Waals surface area contributed by atoms with Crippen LogP contribution in [0, 0.1) is 0 Å². The van der Waals surface area contributed by atoms with Crippen molar-refractivity contribution in [2.75, 3.05) is 51.9 Å². The van der Waals surface area contributed by atoms with E-state index in [2.05, 4.69) is 20.2 Å². The summed E-state index contributed by atoms with van der Waals surface area (Å²) in [7, 11) is -0.244. The number of piperidine rings is 2. The highest BCUT2D eigenvalue weighted by Crippen LogP contribution is 2.34. The van der Waals surface area contributed by atoms with Gasteiger partial charge in [-0.3, -0.25) is 4.79 Å². The van der Waals surface area contributed by atoms with Gasteiger partial charge in [0.1, 0.15) is 6.33 Å². The average Bonchev–Trinajstić information content (AvgIpc) is 2.91. The lowest BCUT2D eigenvalue weighted by molar-refractivity contribution is -0.137. The molecule has 4 rings (SSSR count). The molecule has 214 valence electrons. The summed E-state index contributed by atoms with van der Waals surface area (Å²) in [5.41, 5.74) is -0.635. The first-order valence-electron chi connectivity index (χ1n) is 12.7. The Balaban J connectivity index is 1.38. The molecule has 1 amide bonds. The number of nitrogens with zero attached hydrogens (tertiary/aromatic N) is 5. The summed E-state index contributed by atoms with van der Waals surface area (Å²) < 4.78 is 69.9. The number of amides is 1. The molecular weight excluding hydrogens is 537 g/mol. The average molecular weight is 571 g/mol. The fraction of sp³-hybridized carbons (Fsp3) is 0.560. The molecule has 10 nitrogen and oxygen atoms in total. The number of methoxy groups -OCH3 is 1. The molecule has 1 aromatic heterocycles. The van der Waals surface area contributed by atoms with Crippen molar-refractivity contribution in [1.29, 1.82) is 0 Å². The van der Waals surface area contributed by atoms with Crippen molar-refractivity contribution in [2.24, 2.45) is 0 Å². The van der Waals surface area contributed by atoms with Gasteiger partial charge in [-0.15, -0.1) is 0 Å². The molecule has 0 atom stereocenters. The fourth-order valence-electron chi connectivity index (χ4n) is 5.19. The maximum Gasteiger partial charge on any atom is 0.416 e. The molecule has 1 N–H and O–H groups in total. The highest BCUT2D eigenvalue weighted by atomic mass is 32.2. The van der Waals surface area contributed by atoms with Crippen LogP contribution in [0.4, 0.5) is 24.7 Å². The maximum absolute atomic E-state index is 13.4. The molecule has 1 aromatic carbocycles. The second kappa shape index (κ2) is 11.6. The number of carbonyl (C=O) groups excluding carboxylic acids is 1. The second-order valence-corrected chi connectivity index (χ2v) is 11.9. The van der Waals surface area contributed by atoms with E-state index >= 15 is 0 Å². The number of nitrogens with one attached hydrogen (secondary N) is 1. The molecule has 0 spiro atoms. The van der Waals surface area contributed by atoms with Gasteiger partial charge in [0.2, 0.25) is 10.0 Å². The number of likely N-dealkylation sites (tertiary alicyclic amines) is 2. The van der Waals surface area contributed by atoms with E-state index in [0.717, 1.165) is 50.9 Å². The maximum atomic E-state index is 13.4. The predicted octanol–water partition coefficient (Wildman–Crippen LogP) is 3.21. The zero-order chi connectivity index (χ0) is 28.4. The number of sulfonamides is 1. The van der Waals surface area contributed by atoms with Gasteiger partial charge in [-0.25, -0.2) is 22.7 Å². The van der Waals surface area contributed by atoms with Gasteiger partial charge in [-0.1, -0.05) is 6.07 Å². The lowest BCUT2D eigenvalue weighted by Gasteiger charge is -2.43.